The molecule has 0 fully saturated rings. The first kappa shape index (κ1) is 9.71. The highest BCUT2D eigenvalue weighted by atomic mass is 32.2. The number of hydrogen-bond donors (Lipinski definition) is 2. The molecule has 0 saturated carbocycles. The van der Waals surface area contributed by atoms with Gasteiger partial charge >= 0.3 is 0 Å². The molecular formula is C8H17N3S. The van der Waals surface area contributed by atoms with Crippen LogP contribution in [0.1, 0.15) is 13.8 Å². The number of guanidine groups is 1. The Balaban J connectivity index is 2.12. The third-order valence-corrected chi connectivity index (χ3v) is 2.77. The second-order valence-electron chi connectivity index (χ2n) is 2.86. The van der Waals surface area contributed by atoms with E-state index in [2.05, 4.69) is 29.5 Å². The third-order valence-electron chi connectivity index (χ3n) is 1.63. The molecule has 1 aliphatic rings. The average molecular weight is 187 g/mol. The summed E-state index contributed by atoms with van der Waals surface area (Å²) in [5, 5.41) is 6.53. The van der Waals surface area contributed by atoms with Crippen molar-refractivity contribution in [3.05, 3.63) is 0 Å². The molecule has 2 N–H and O–H groups in total. The van der Waals surface area contributed by atoms with Crippen LogP contribution in [0.4, 0.5) is 0 Å². The molecule has 0 bridgehead atoms. The minimum Gasteiger partial charge on any atom is -0.355 e. The van der Waals surface area contributed by atoms with Crippen molar-refractivity contribution in [1.82, 2.24) is 10.6 Å². The van der Waals surface area contributed by atoms with E-state index in [9.17, 15) is 0 Å². The number of nitrogens with one attached hydrogen (secondary N) is 2. The van der Waals surface area contributed by atoms with Gasteiger partial charge in [0.1, 0.15) is 0 Å². The molecule has 1 aliphatic heterocycles. The summed E-state index contributed by atoms with van der Waals surface area (Å²) >= 11 is 1.95. The predicted molar refractivity (Wildman–Crippen MR) is 55.9 cm³/mol. The fraction of sp³-hybridized carbons (Fsp3) is 0.875. The van der Waals surface area contributed by atoms with Gasteiger partial charge in [0.2, 0.25) is 0 Å². The zero-order valence-corrected chi connectivity index (χ0v) is 8.58. The zero-order chi connectivity index (χ0) is 8.81. The van der Waals surface area contributed by atoms with E-state index in [-0.39, 0.29) is 0 Å². The third kappa shape index (κ3) is 3.34. The molecule has 1 rings (SSSR count). The van der Waals surface area contributed by atoms with Gasteiger partial charge in [0, 0.05) is 18.3 Å². The fourth-order valence-corrected chi connectivity index (χ4v) is 1.74. The molecule has 1 unspecified atom stereocenters. The van der Waals surface area contributed by atoms with E-state index in [4.69, 9.17) is 0 Å². The topological polar surface area (TPSA) is 36.4 Å². The maximum absolute atomic E-state index is 4.27. The van der Waals surface area contributed by atoms with Crippen LogP contribution >= 0.6 is 11.8 Å². The van der Waals surface area contributed by atoms with Crippen molar-refractivity contribution in [3.8, 4) is 0 Å². The van der Waals surface area contributed by atoms with Gasteiger partial charge in [-0.25, -0.2) is 0 Å². The van der Waals surface area contributed by atoms with Crippen LogP contribution in [0.3, 0.4) is 0 Å². The predicted octanol–water partition coefficient (Wildman–Crippen LogP) is 0.677. The second kappa shape index (κ2) is 5.30. The maximum Gasteiger partial charge on any atom is 0.191 e. The summed E-state index contributed by atoms with van der Waals surface area (Å²) in [4.78, 5) is 4.27. The molecule has 1 atom stereocenters. The van der Waals surface area contributed by atoms with Gasteiger partial charge in [-0.2, -0.15) is 11.8 Å². The van der Waals surface area contributed by atoms with E-state index in [0.717, 1.165) is 24.8 Å². The maximum atomic E-state index is 4.27. The molecule has 70 valence electrons. The molecule has 0 spiro atoms. The van der Waals surface area contributed by atoms with Gasteiger partial charge in [0.05, 0.1) is 6.54 Å². The standard InChI is InChI=1S/C8H17N3S/c1-3-12-6-7(2)11-8-9-4-5-10-8/h7H,3-6H2,1-2H3,(H2,9,10,11). The minimum atomic E-state index is 0.513. The van der Waals surface area contributed by atoms with E-state index in [1.54, 1.807) is 0 Å². The summed E-state index contributed by atoms with van der Waals surface area (Å²) in [5.74, 6) is 3.31. The first-order valence-electron chi connectivity index (χ1n) is 4.45. The van der Waals surface area contributed by atoms with Gasteiger partial charge in [-0.3, -0.25) is 4.99 Å². The summed E-state index contributed by atoms with van der Waals surface area (Å²) in [7, 11) is 0. The Bertz CT molecular complexity index is 158. The van der Waals surface area contributed by atoms with Gasteiger partial charge in [0.15, 0.2) is 5.96 Å². The number of rotatable bonds is 4. The molecule has 4 heteroatoms. The van der Waals surface area contributed by atoms with Crippen LogP contribution in [0, 0.1) is 0 Å². The second-order valence-corrected chi connectivity index (χ2v) is 4.18. The van der Waals surface area contributed by atoms with E-state index in [1.807, 2.05) is 11.8 Å². The minimum absolute atomic E-state index is 0.513. The summed E-state index contributed by atoms with van der Waals surface area (Å²) in [6.45, 7) is 6.26. The van der Waals surface area contributed by atoms with Gasteiger partial charge in [-0.05, 0) is 12.7 Å². The number of thioether (sulfide) groups is 1. The Kier molecular flexibility index (Phi) is 4.29. The highest BCUT2D eigenvalue weighted by molar-refractivity contribution is 7.99. The van der Waals surface area contributed by atoms with E-state index in [0.29, 0.717) is 6.04 Å². The molecule has 12 heavy (non-hydrogen) atoms. The van der Waals surface area contributed by atoms with E-state index < -0.39 is 0 Å². The number of hydrogen-bond acceptors (Lipinski definition) is 4. The quantitative estimate of drug-likeness (QED) is 0.679. The zero-order valence-electron chi connectivity index (χ0n) is 7.76. The monoisotopic (exact) mass is 187 g/mol. The van der Waals surface area contributed by atoms with Crippen LogP contribution < -0.4 is 10.6 Å². The Morgan fingerprint density at radius 3 is 3.17 bits per heavy atom. The van der Waals surface area contributed by atoms with Crippen LogP contribution in [0.15, 0.2) is 4.99 Å². The van der Waals surface area contributed by atoms with E-state index >= 15 is 0 Å². The SMILES string of the molecule is CCSCC(C)NC1=NCCN1. The molecule has 0 aromatic rings. The molecule has 3 nitrogen and oxygen atoms in total. The number of aliphatic imine (C=N–C) groups is 1. The molecule has 0 aromatic heterocycles. The smallest absolute Gasteiger partial charge is 0.191 e. The summed E-state index contributed by atoms with van der Waals surface area (Å²) in [6, 6.07) is 0.513. The lowest BCUT2D eigenvalue weighted by Crippen LogP contribution is -2.40. The first-order chi connectivity index (χ1) is 5.83. The Labute approximate surface area is 78.4 Å². The molecule has 0 radical (unpaired) electrons. The molecule has 0 amide bonds. The summed E-state index contributed by atoms with van der Waals surface area (Å²) < 4.78 is 0. The van der Waals surface area contributed by atoms with Crippen LogP contribution in [-0.2, 0) is 0 Å². The molecule has 0 saturated heterocycles. The van der Waals surface area contributed by atoms with Crippen molar-refractivity contribution in [2.24, 2.45) is 4.99 Å². The summed E-state index contributed by atoms with van der Waals surface area (Å²) in [6.07, 6.45) is 0. The Morgan fingerprint density at radius 1 is 1.75 bits per heavy atom. The van der Waals surface area contributed by atoms with Crippen molar-refractivity contribution in [1.29, 1.82) is 0 Å². The first-order valence-corrected chi connectivity index (χ1v) is 5.61. The largest absolute Gasteiger partial charge is 0.355 e. The highest BCUT2D eigenvalue weighted by Gasteiger charge is 2.07. The Hall–Kier alpha value is -0.380. The van der Waals surface area contributed by atoms with Crippen molar-refractivity contribution in [3.63, 3.8) is 0 Å². The van der Waals surface area contributed by atoms with Crippen molar-refractivity contribution < 1.29 is 0 Å². The van der Waals surface area contributed by atoms with Crippen LogP contribution in [0.5, 0.6) is 0 Å². The normalized spacial score (nSPS) is 18.3. The van der Waals surface area contributed by atoms with Crippen LogP contribution in [0.25, 0.3) is 0 Å². The van der Waals surface area contributed by atoms with Gasteiger partial charge in [-0.1, -0.05) is 6.92 Å². The lowest BCUT2D eigenvalue weighted by molar-refractivity contribution is 0.728. The molecular weight excluding hydrogens is 170 g/mol. The van der Waals surface area contributed by atoms with Gasteiger partial charge < -0.3 is 10.6 Å². The van der Waals surface area contributed by atoms with E-state index in [1.165, 1.54) is 5.75 Å². The highest BCUT2D eigenvalue weighted by Crippen LogP contribution is 2.01. The fourth-order valence-electron chi connectivity index (χ4n) is 1.06. The molecule has 0 aliphatic carbocycles. The average Bonchev–Trinajstić information content (AvgIpc) is 2.53. The van der Waals surface area contributed by atoms with Gasteiger partial charge in [-0.15, -0.1) is 0 Å². The van der Waals surface area contributed by atoms with Crippen LogP contribution in [-0.4, -0.2) is 36.6 Å². The molecule has 1 heterocycles. The molecule has 0 aromatic carbocycles. The van der Waals surface area contributed by atoms with Crippen molar-refractivity contribution in [2.75, 3.05) is 24.6 Å². The van der Waals surface area contributed by atoms with Crippen molar-refractivity contribution >= 4 is 17.7 Å². The van der Waals surface area contributed by atoms with Gasteiger partial charge in [0.25, 0.3) is 0 Å². The van der Waals surface area contributed by atoms with Crippen molar-refractivity contribution in [2.45, 2.75) is 19.9 Å². The Morgan fingerprint density at radius 2 is 2.58 bits per heavy atom. The number of nitrogens with zero attached hydrogens (tertiary/aromatic N) is 1. The van der Waals surface area contributed by atoms with Crippen LogP contribution in [0.2, 0.25) is 0 Å². The lowest BCUT2D eigenvalue weighted by atomic mass is 10.4. The summed E-state index contributed by atoms with van der Waals surface area (Å²) in [5.41, 5.74) is 0. The lowest BCUT2D eigenvalue weighted by Gasteiger charge is -2.13.